The van der Waals surface area contributed by atoms with Gasteiger partial charge in [-0.15, -0.1) is 0 Å². The number of carbonyl (C=O) groups is 2. The average molecular weight is 536 g/mol. The normalized spacial score (nSPS) is 18.9. The first-order valence-corrected chi connectivity index (χ1v) is 13.4. The van der Waals surface area contributed by atoms with Gasteiger partial charge in [0, 0.05) is 28.9 Å². The van der Waals surface area contributed by atoms with Crippen molar-refractivity contribution in [3.63, 3.8) is 0 Å². The molecule has 2 fully saturated rings. The average Bonchev–Trinajstić information content (AvgIpc) is 3.49. The summed E-state index contributed by atoms with van der Waals surface area (Å²) in [5.41, 5.74) is 3.61. The zero-order chi connectivity index (χ0) is 27.6. The Balaban J connectivity index is 1.24. The van der Waals surface area contributed by atoms with Crippen molar-refractivity contribution >= 4 is 33.6 Å². The SMILES string of the molecule is COc1ccc2cn(C[C@@]3(c4ccc(-c5cc(C)c6c(cnn6CC6CC6)c5)cc4)NC(=O)NC3=O)c(O)c2c1. The predicted octanol–water partition coefficient (Wildman–Crippen LogP) is 4.83. The fraction of sp³-hybridized carbons (Fsp3) is 0.258. The highest BCUT2D eigenvalue weighted by Gasteiger charge is 2.48. The number of imide groups is 1. The minimum atomic E-state index is -1.39. The summed E-state index contributed by atoms with van der Waals surface area (Å²) in [7, 11) is 1.56. The Morgan fingerprint density at radius 2 is 1.85 bits per heavy atom. The number of carbonyl (C=O) groups excluding carboxylic acids is 2. The van der Waals surface area contributed by atoms with Crippen molar-refractivity contribution in [2.75, 3.05) is 7.11 Å². The highest BCUT2D eigenvalue weighted by Crippen LogP contribution is 2.37. The molecule has 3 amide bonds. The molecule has 1 aliphatic carbocycles. The van der Waals surface area contributed by atoms with Gasteiger partial charge in [-0.25, -0.2) is 4.79 Å². The molecule has 1 saturated carbocycles. The number of fused-ring (bicyclic) bond motifs is 2. The molecule has 3 aromatic carbocycles. The first kappa shape index (κ1) is 24.3. The van der Waals surface area contributed by atoms with Gasteiger partial charge in [0.15, 0.2) is 11.4 Å². The van der Waals surface area contributed by atoms with Crippen molar-refractivity contribution < 1.29 is 19.4 Å². The van der Waals surface area contributed by atoms with E-state index in [0.29, 0.717) is 16.7 Å². The molecule has 3 heterocycles. The van der Waals surface area contributed by atoms with Crippen molar-refractivity contribution in [3.05, 3.63) is 78.1 Å². The minimum Gasteiger partial charge on any atom is -0.497 e. The third-order valence-corrected chi connectivity index (χ3v) is 8.18. The van der Waals surface area contributed by atoms with Crippen molar-refractivity contribution in [1.82, 2.24) is 25.0 Å². The Morgan fingerprint density at radius 1 is 1.05 bits per heavy atom. The highest BCUT2D eigenvalue weighted by molar-refractivity contribution is 6.07. The number of aromatic nitrogens is 3. The number of aromatic hydroxyl groups is 1. The van der Waals surface area contributed by atoms with Crippen molar-refractivity contribution in [1.29, 1.82) is 0 Å². The lowest BCUT2D eigenvalue weighted by Crippen LogP contribution is -2.47. The molecule has 0 radical (unpaired) electrons. The summed E-state index contributed by atoms with van der Waals surface area (Å²) in [6, 6.07) is 16.8. The van der Waals surface area contributed by atoms with E-state index in [1.54, 1.807) is 23.9 Å². The maximum Gasteiger partial charge on any atom is 0.322 e. The molecule has 2 aliphatic rings. The van der Waals surface area contributed by atoms with Gasteiger partial charge in [0.1, 0.15) is 5.75 Å². The second-order valence-corrected chi connectivity index (χ2v) is 10.9. The molecular formula is C31H29N5O4. The van der Waals surface area contributed by atoms with Crippen LogP contribution in [0.5, 0.6) is 11.6 Å². The number of rotatable bonds is 7. The Hall–Kier alpha value is -4.79. The Bertz CT molecular complexity index is 1820. The monoisotopic (exact) mass is 535 g/mol. The Kier molecular flexibility index (Phi) is 5.38. The lowest BCUT2D eigenvalue weighted by molar-refractivity contribution is -0.124. The second-order valence-electron chi connectivity index (χ2n) is 10.9. The quantitative estimate of drug-likeness (QED) is 0.259. The Morgan fingerprint density at radius 3 is 2.55 bits per heavy atom. The number of nitrogens with zero attached hydrogens (tertiary/aromatic N) is 3. The van der Waals surface area contributed by atoms with Gasteiger partial charge < -0.3 is 19.7 Å². The molecule has 40 heavy (non-hydrogen) atoms. The fourth-order valence-corrected chi connectivity index (χ4v) is 5.87. The maximum atomic E-state index is 13.2. The van der Waals surface area contributed by atoms with Crippen LogP contribution in [0.1, 0.15) is 24.0 Å². The number of amides is 3. The number of methoxy groups -OCH3 is 1. The third kappa shape index (κ3) is 3.88. The lowest BCUT2D eigenvalue weighted by atomic mass is 9.88. The molecule has 1 atom stereocenters. The number of aryl methyl sites for hydroxylation is 1. The maximum absolute atomic E-state index is 13.2. The van der Waals surface area contributed by atoms with Gasteiger partial charge >= 0.3 is 6.03 Å². The molecular weight excluding hydrogens is 506 g/mol. The first-order chi connectivity index (χ1) is 19.3. The predicted molar refractivity (Wildman–Crippen MR) is 151 cm³/mol. The van der Waals surface area contributed by atoms with Crippen LogP contribution in [0.3, 0.4) is 0 Å². The number of nitrogens with one attached hydrogen (secondary N) is 2. The van der Waals surface area contributed by atoms with E-state index < -0.39 is 17.5 Å². The van der Waals surface area contributed by atoms with E-state index in [1.165, 1.54) is 23.9 Å². The van der Waals surface area contributed by atoms with E-state index in [1.807, 2.05) is 42.6 Å². The highest BCUT2D eigenvalue weighted by atomic mass is 16.5. The van der Waals surface area contributed by atoms with Crippen LogP contribution in [0.4, 0.5) is 4.79 Å². The van der Waals surface area contributed by atoms with Gasteiger partial charge in [0.2, 0.25) is 0 Å². The van der Waals surface area contributed by atoms with E-state index in [4.69, 9.17) is 4.74 Å². The molecule has 202 valence electrons. The van der Waals surface area contributed by atoms with Crippen LogP contribution in [0, 0.1) is 12.8 Å². The summed E-state index contributed by atoms with van der Waals surface area (Å²) in [5, 5.41) is 23.3. The molecule has 1 aliphatic heterocycles. The summed E-state index contributed by atoms with van der Waals surface area (Å²) in [6.45, 7) is 3.09. The summed E-state index contributed by atoms with van der Waals surface area (Å²) >= 11 is 0. The van der Waals surface area contributed by atoms with Gasteiger partial charge in [-0.2, -0.15) is 5.10 Å². The molecule has 5 aromatic rings. The smallest absolute Gasteiger partial charge is 0.322 e. The van der Waals surface area contributed by atoms with Crippen molar-refractivity contribution in [2.45, 2.75) is 38.4 Å². The van der Waals surface area contributed by atoms with Crippen LogP contribution in [-0.2, 0) is 23.4 Å². The van der Waals surface area contributed by atoms with Gasteiger partial charge in [-0.3, -0.25) is 14.8 Å². The van der Waals surface area contributed by atoms with Crippen LogP contribution >= 0.6 is 0 Å². The number of hydrogen-bond acceptors (Lipinski definition) is 5. The Labute approximate surface area is 230 Å². The standard InChI is InChI=1S/C31H29N5O4/c1-18-11-22(12-23-14-32-36(27(18)23)15-19-3-4-19)20-5-8-24(9-6-20)31(29(38)33-30(39)34-31)17-35-16-21-7-10-25(40-2)13-26(21)28(35)37/h5-14,16,19,37H,3-4,15,17H2,1-2H3,(H2,33,34,38,39)/t31-/m0/s1. The van der Waals surface area contributed by atoms with Gasteiger partial charge in [-0.1, -0.05) is 24.3 Å². The van der Waals surface area contributed by atoms with E-state index in [-0.39, 0.29) is 12.4 Å². The summed E-state index contributed by atoms with van der Waals surface area (Å²) < 4.78 is 9.00. The minimum absolute atomic E-state index is 0.00939. The molecule has 9 nitrogen and oxygen atoms in total. The zero-order valence-corrected chi connectivity index (χ0v) is 22.3. The van der Waals surface area contributed by atoms with Crippen LogP contribution in [0.15, 0.2) is 67.0 Å². The molecule has 1 saturated heterocycles. The summed E-state index contributed by atoms with van der Waals surface area (Å²) in [6.07, 6.45) is 6.25. The van der Waals surface area contributed by atoms with E-state index in [9.17, 15) is 14.7 Å². The zero-order valence-electron chi connectivity index (χ0n) is 22.3. The molecule has 0 bridgehead atoms. The van der Waals surface area contributed by atoms with Gasteiger partial charge in [0.25, 0.3) is 5.91 Å². The van der Waals surface area contributed by atoms with Crippen molar-refractivity contribution in [3.8, 4) is 22.8 Å². The van der Waals surface area contributed by atoms with Crippen LogP contribution < -0.4 is 15.4 Å². The van der Waals surface area contributed by atoms with Gasteiger partial charge in [-0.05, 0) is 78.3 Å². The molecule has 0 unspecified atom stereocenters. The van der Waals surface area contributed by atoms with E-state index >= 15 is 0 Å². The van der Waals surface area contributed by atoms with Gasteiger partial charge in [0.05, 0.1) is 25.4 Å². The first-order valence-electron chi connectivity index (χ1n) is 13.4. The molecule has 9 heteroatoms. The van der Waals surface area contributed by atoms with Crippen LogP contribution in [0.25, 0.3) is 32.8 Å². The van der Waals surface area contributed by atoms with Crippen molar-refractivity contribution in [2.24, 2.45) is 5.92 Å². The third-order valence-electron chi connectivity index (χ3n) is 8.18. The summed E-state index contributed by atoms with van der Waals surface area (Å²) in [4.78, 5) is 25.6. The largest absolute Gasteiger partial charge is 0.497 e. The number of benzene rings is 3. The molecule has 3 N–H and O–H groups in total. The van der Waals surface area contributed by atoms with Crippen LogP contribution in [0.2, 0.25) is 0 Å². The lowest BCUT2D eigenvalue weighted by Gasteiger charge is -2.27. The van der Waals surface area contributed by atoms with E-state index in [0.717, 1.165) is 34.4 Å². The molecule has 0 spiro atoms. The number of hydrogen-bond donors (Lipinski definition) is 3. The summed E-state index contributed by atoms with van der Waals surface area (Å²) in [5.74, 6) is 0.872. The molecule has 2 aromatic heterocycles. The topological polar surface area (TPSA) is 110 Å². The number of urea groups is 1. The fourth-order valence-electron chi connectivity index (χ4n) is 5.87. The van der Waals surface area contributed by atoms with Crippen LogP contribution in [-0.4, -0.2) is 38.5 Å². The number of ether oxygens (including phenoxy) is 1. The molecule has 7 rings (SSSR count). The second kappa shape index (κ2) is 8.87. The van der Waals surface area contributed by atoms with E-state index in [2.05, 4.69) is 39.5 Å².